The zero-order valence-corrected chi connectivity index (χ0v) is 10.7. The Labute approximate surface area is 113 Å². The van der Waals surface area contributed by atoms with Crippen LogP contribution < -0.4 is 5.69 Å². The molecule has 0 aliphatic carbocycles. The van der Waals surface area contributed by atoms with Crippen LogP contribution in [0.1, 0.15) is 22.4 Å². The van der Waals surface area contributed by atoms with Crippen LogP contribution in [-0.4, -0.2) is 44.4 Å². The van der Waals surface area contributed by atoms with Gasteiger partial charge in [-0.15, -0.1) is 0 Å². The summed E-state index contributed by atoms with van der Waals surface area (Å²) in [5.74, 6) is -1.16. The fourth-order valence-electron chi connectivity index (χ4n) is 2.05. The van der Waals surface area contributed by atoms with E-state index in [9.17, 15) is 14.4 Å². The van der Waals surface area contributed by atoms with Gasteiger partial charge in [0.05, 0.1) is 37.1 Å². The third-order valence-corrected chi connectivity index (χ3v) is 2.90. The first-order chi connectivity index (χ1) is 9.61. The Kier molecular flexibility index (Phi) is 4.11. The van der Waals surface area contributed by atoms with Gasteiger partial charge in [0, 0.05) is 0 Å². The molecule has 0 bridgehead atoms. The highest BCUT2D eigenvalue weighted by atomic mass is 16.3. The van der Waals surface area contributed by atoms with Crippen molar-refractivity contribution in [2.24, 2.45) is 0 Å². The standard InChI is InChI=1S/C13H14N2O5/c16-7-5-11(18)14-9-3-1-2-4-10(9)15(13(14)20)12(19)6-8-17/h1-4,16-17H,5-8H2. The van der Waals surface area contributed by atoms with Crippen molar-refractivity contribution in [3.63, 3.8) is 0 Å². The number of hydrogen-bond acceptors (Lipinski definition) is 5. The molecule has 1 aromatic heterocycles. The predicted octanol–water partition coefficient (Wildman–Crippen LogP) is -0.152. The first-order valence-electron chi connectivity index (χ1n) is 6.12. The summed E-state index contributed by atoms with van der Waals surface area (Å²) in [6, 6.07) is 6.39. The maximum Gasteiger partial charge on any atom is 0.342 e. The number of hydrogen-bond donors (Lipinski definition) is 2. The lowest BCUT2D eigenvalue weighted by atomic mass is 10.3. The van der Waals surface area contributed by atoms with E-state index >= 15 is 0 Å². The van der Waals surface area contributed by atoms with Gasteiger partial charge in [-0.25, -0.2) is 13.9 Å². The minimum absolute atomic E-state index is 0.206. The Morgan fingerprint density at radius 2 is 1.30 bits per heavy atom. The third kappa shape index (κ3) is 2.28. The van der Waals surface area contributed by atoms with Crippen LogP contribution in [0.4, 0.5) is 0 Å². The average Bonchev–Trinajstić information content (AvgIpc) is 2.71. The minimum atomic E-state index is -0.775. The number of aliphatic hydroxyl groups is 2. The molecular formula is C13H14N2O5. The summed E-state index contributed by atoms with van der Waals surface area (Å²) in [4.78, 5) is 36.0. The topological polar surface area (TPSA) is 102 Å². The molecule has 0 saturated heterocycles. The molecule has 0 saturated carbocycles. The molecular weight excluding hydrogens is 264 g/mol. The maximum atomic E-state index is 12.2. The fourth-order valence-corrected chi connectivity index (χ4v) is 2.05. The zero-order chi connectivity index (χ0) is 14.7. The lowest BCUT2D eigenvalue weighted by Crippen LogP contribution is -2.32. The van der Waals surface area contributed by atoms with Gasteiger partial charge in [-0.05, 0) is 12.1 Å². The number of aliphatic hydroxyl groups excluding tert-OH is 2. The largest absolute Gasteiger partial charge is 0.396 e. The highest BCUT2D eigenvalue weighted by Gasteiger charge is 2.21. The molecule has 2 N–H and O–H groups in total. The molecule has 0 spiro atoms. The number of para-hydroxylation sites is 2. The van der Waals surface area contributed by atoms with Crippen molar-refractivity contribution in [3.8, 4) is 0 Å². The molecule has 0 radical (unpaired) electrons. The van der Waals surface area contributed by atoms with Crippen molar-refractivity contribution in [3.05, 3.63) is 34.7 Å². The van der Waals surface area contributed by atoms with Crippen LogP contribution in [0.25, 0.3) is 11.0 Å². The molecule has 0 amide bonds. The number of rotatable bonds is 4. The zero-order valence-electron chi connectivity index (χ0n) is 10.7. The van der Waals surface area contributed by atoms with Crippen LogP contribution >= 0.6 is 0 Å². The highest BCUT2D eigenvalue weighted by Crippen LogP contribution is 2.13. The molecule has 0 aliphatic heterocycles. The number of nitrogens with zero attached hydrogens (tertiary/aromatic N) is 2. The van der Waals surface area contributed by atoms with Gasteiger partial charge in [-0.3, -0.25) is 9.59 Å². The predicted molar refractivity (Wildman–Crippen MR) is 70.9 cm³/mol. The van der Waals surface area contributed by atoms with E-state index in [4.69, 9.17) is 10.2 Å². The Morgan fingerprint density at radius 3 is 1.65 bits per heavy atom. The van der Waals surface area contributed by atoms with Crippen LogP contribution in [0, 0.1) is 0 Å². The summed E-state index contributed by atoms with van der Waals surface area (Å²) in [6.45, 7) is -0.759. The van der Waals surface area contributed by atoms with Gasteiger partial charge in [-0.1, -0.05) is 12.1 Å². The van der Waals surface area contributed by atoms with Crippen LogP contribution in [0.2, 0.25) is 0 Å². The Balaban J connectivity index is 2.71. The Morgan fingerprint density at radius 1 is 0.900 bits per heavy atom. The SMILES string of the molecule is O=C(CCO)n1c(=O)n(C(=O)CCO)c2ccccc21. The lowest BCUT2D eigenvalue weighted by Gasteiger charge is -1.99. The van der Waals surface area contributed by atoms with E-state index in [1.807, 2.05) is 0 Å². The van der Waals surface area contributed by atoms with Crippen LogP contribution in [-0.2, 0) is 0 Å². The molecule has 0 atom stereocenters. The van der Waals surface area contributed by atoms with E-state index < -0.39 is 17.5 Å². The van der Waals surface area contributed by atoms with Gasteiger partial charge in [-0.2, -0.15) is 0 Å². The van der Waals surface area contributed by atoms with Crippen molar-refractivity contribution < 1.29 is 19.8 Å². The maximum absolute atomic E-state index is 12.2. The molecule has 2 rings (SSSR count). The first-order valence-corrected chi connectivity index (χ1v) is 6.12. The summed E-state index contributed by atoms with van der Waals surface area (Å²) in [6.07, 6.45) is -0.412. The second-order valence-corrected chi connectivity index (χ2v) is 4.18. The van der Waals surface area contributed by atoms with Crippen LogP contribution in [0.3, 0.4) is 0 Å². The molecule has 1 aromatic carbocycles. The monoisotopic (exact) mass is 278 g/mol. The second kappa shape index (κ2) is 5.81. The third-order valence-electron chi connectivity index (χ3n) is 2.90. The van der Waals surface area contributed by atoms with Crippen molar-refractivity contribution >= 4 is 22.8 Å². The Hall–Kier alpha value is -2.25. The fraction of sp³-hybridized carbons (Fsp3) is 0.308. The van der Waals surface area contributed by atoms with Gasteiger partial charge < -0.3 is 10.2 Å². The lowest BCUT2D eigenvalue weighted by molar-refractivity contribution is 0.0863. The van der Waals surface area contributed by atoms with E-state index in [1.165, 1.54) is 0 Å². The molecule has 0 fully saturated rings. The van der Waals surface area contributed by atoms with Crippen LogP contribution in [0.5, 0.6) is 0 Å². The molecule has 7 heteroatoms. The van der Waals surface area contributed by atoms with E-state index in [2.05, 4.69) is 0 Å². The van der Waals surface area contributed by atoms with Crippen molar-refractivity contribution in [1.29, 1.82) is 0 Å². The Bertz CT molecular complexity index is 655. The molecule has 2 aromatic rings. The second-order valence-electron chi connectivity index (χ2n) is 4.18. The van der Waals surface area contributed by atoms with Crippen molar-refractivity contribution in [2.45, 2.75) is 12.8 Å². The summed E-state index contributed by atoms with van der Waals surface area (Å²) < 4.78 is 1.75. The molecule has 0 aliphatic rings. The normalized spacial score (nSPS) is 10.9. The number of carbonyl (C=O) groups is 2. The molecule has 106 valence electrons. The summed E-state index contributed by atoms with van der Waals surface area (Å²) in [5.41, 5.74) is -0.160. The average molecular weight is 278 g/mol. The van der Waals surface area contributed by atoms with E-state index in [0.717, 1.165) is 9.13 Å². The van der Waals surface area contributed by atoms with Crippen molar-refractivity contribution in [2.75, 3.05) is 13.2 Å². The molecule has 0 unspecified atom stereocenters. The molecule has 7 nitrogen and oxygen atoms in total. The summed E-state index contributed by atoms with van der Waals surface area (Å²) in [5, 5.41) is 17.6. The van der Waals surface area contributed by atoms with E-state index in [1.54, 1.807) is 24.3 Å². The number of carbonyl (C=O) groups excluding carboxylic acids is 2. The summed E-state index contributed by atoms with van der Waals surface area (Å²) in [7, 11) is 0. The minimum Gasteiger partial charge on any atom is -0.396 e. The van der Waals surface area contributed by atoms with Crippen molar-refractivity contribution in [1.82, 2.24) is 9.13 Å². The smallest absolute Gasteiger partial charge is 0.342 e. The van der Waals surface area contributed by atoms with Gasteiger partial charge in [0.25, 0.3) is 0 Å². The quantitative estimate of drug-likeness (QED) is 0.809. The van der Waals surface area contributed by atoms with Gasteiger partial charge >= 0.3 is 5.69 Å². The van der Waals surface area contributed by atoms with E-state index in [-0.39, 0.29) is 26.1 Å². The number of aromatic nitrogens is 2. The van der Waals surface area contributed by atoms with Gasteiger partial charge in [0.2, 0.25) is 11.8 Å². The van der Waals surface area contributed by atoms with E-state index in [0.29, 0.717) is 11.0 Å². The van der Waals surface area contributed by atoms with Crippen LogP contribution in [0.15, 0.2) is 29.1 Å². The first kappa shape index (κ1) is 14.2. The number of imidazole rings is 1. The number of fused-ring (bicyclic) bond motifs is 1. The molecule has 20 heavy (non-hydrogen) atoms. The number of benzene rings is 1. The van der Waals surface area contributed by atoms with Gasteiger partial charge in [0.15, 0.2) is 0 Å². The summed E-state index contributed by atoms with van der Waals surface area (Å²) >= 11 is 0. The highest BCUT2D eigenvalue weighted by molar-refractivity contribution is 5.96. The van der Waals surface area contributed by atoms with Gasteiger partial charge in [0.1, 0.15) is 0 Å². The molecule has 1 heterocycles.